The molecule has 0 fully saturated rings. The summed E-state index contributed by atoms with van der Waals surface area (Å²) in [6, 6.07) is 6.10. The molecule has 5 nitrogen and oxygen atoms in total. The fourth-order valence-corrected chi connectivity index (χ4v) is 3.84. The van der Waals surface area contributed by atoms with Crippen molar-refractivity contribution in [3.63, 3.8) is 0 Å². The molecule has 0 atom stereocenters. The lowest BCUT2D eigenvalue weighted by atomic mass is 10.1. The van der Waals surface area contributed by atoms with Crippen LogP contribution >= 0.6 is 22.7 Å². The number of fused-ring (bicyclic) bond motifs is 1. The molecule has 0 unspecified atom stereocenters. The summed E-state index contributed by atoms with van der Waals surface area (Å²) in [5.41, 5.74) is 6.48. The van der Waals surface area contributed by atoms with Crippen molar-refractivity contribution >= 4 is 32.9 Å². The summed E-state index contributed by atoms with van der Waals surface area (Å²) < 4.78 is 1.12. The first-order valence-electron chi connectivity index (χ1n) is 6.70. The van der Waals surface area contributed by atoms with Gasteiger partial charge >= 0.3 is 0 Å². The maximum atomic E-state index is 9.39. The van der Waals surface area contributed by atoms with Crippen LogP contribution in [-0.2, 0) is 6.61 Å². The average Bonchev–Trinajstić information content (AvgIpc) is 3.24. The first-order chi connectivity index (χ1) is 10.7. The normalized spacial score (nSPS) is 11.4. The fraction of sp³-hybridized carbons (Fsp3) is 0.133. The summed E-state index contributed by atoms with van der Waals surface area (Å²) in [4.78, 5) is 16.5. The zero-order valence-corrected chi connectivity index (χ0v) is 13.3. The Bertz CT molecular complexity index is 953. The fourth-order valence-electron chi connectivity index (χ4n) is 2.33. The number of nitrogens with one attached hydrogen (secondary N) is 1. The van der Waals surface area contributed by atoms with Crippen molar-refractivity contribution in [3.05, 3.63) is 40.6 Å². The molecule has 2 N–H and O–H groups in total. The number of aliphatic hydroxyl groups excluding tert-OH is 1. The second kappa shape index (κ2) is 5.28. The summed E-state index contributed by atoms with van der Waals surface area (Å²) in [7, 11) is 0. The van der Waals surface area contributed by atoms with Gasteiger partial charge in [-0.15, -0.1) is 22.7 Å². The van der Waals surface area contributed by atoms with Crippen LogP contribution in [0.15, 0.2) is 29.1 Å². The predicted octanol–water partition coefficient (Wildman–Crippen LogP) is 3.61. The van der Waals surface area contributed by atoms with E-state index in [0.717, 1.165) is 37.9 Å². The van der Waals surface area contributed by atoms with Gasteiger partial charge in [-0.25, -0.2) is 15.0 Å². The Kier molecular flexibility index (Phi) is 3.25. The third-order valence-electron chi connectivity index (χ3n) is 3.34. The standard InChI is InChI=1S/C15H12N4OS2/c1-8-6-21-15(17-8)14-13(18-12(5-20)19-14)9-2-3-10-11(4-9)22-7-16-10/h2-4,6-7,20H,5H2,1H3,(H,18,19). The van der Waals surface area contributed by atoms with Crippen molar-refractivity contribution in [2.75, 3.05) is 0 Å². The second-order valence-corrected chi connectivity index (χ2v) is 6.64. The zero-order chi connectivity index (χ0) is 15.1. The van der Waals surface area contributed by atoms with Crippen LogP contribution in [0.25, 0.3) is 32.2 Å². The first-order valence-corrected chi connectivity index (χ1v) is 8.46. The lowest BCUT2D eigenvalue weighted by molar-refractivity contribution is 0.272. The molecule has 0 aliphatic carbocycles. The molecular formula is C15H12N4OS2. The summed E-state index contributed by atoms with van der Waals surface area (Å²) in [5.74, 6) is 0.544. The largest absolute Gasteiger partial charge is 0.388 e. The zero-order valence-electron chi connectivity index (χ0n) is 11.7. The maximum absolute atomic E-state index is 9.39. The Morgan fingerprint density at radius 3 is 2.91 bits per heavy atom. The highest BCUT2D eigenvalue weighted by molar-refractivity contribution is 7.16. The highest BCUT2D eigenvalue weighted by atomic mass is 32.1. The number of hydrogen-bond acceptors (Lipinski definition) is 6. The number of benzene rings is 1. The Morgan fingerprint density at radius 2 is 2.14 bits per heavy atom. The number of rotatable bonds is 3. The van der Waals surface area contributed by atoms with E-state index in [2.05, 4.69) is 26.0 Å². The van der Waals surface area contributed by atoms with Gasteiger partial charge in [0.15, 0.2) is 0 Å². The van der Waals surface area contributed by atoms with Gasteiger partial charge in [0.1, 0.15) is 23.1 Å². The van der Waals surface area contributed by atoms with Gasteiger partial charge in [0.25, 0.3) is 0 Å². The van der Waals surface area contributed by atoms with Crippen molar-refractivity contribution in [1.29, 1.82) is 0 Å². The van der Waals surface area contributed by atoms with Gasteiger partial charge in [0.2, 0.25) is 0 Å². The molecular weight excluding hydrogens is 316 g/mol. The molecule has 7 heteroatoms. The molecule has 4 aromatic rings. The topological polar surface area (TPSA) is 74.7 Å². The van der Waals surface area contributed by atoms with E-state index in [0.29, 0.717) is 5.82 Å². The Labute approximate surface area is 134 Å². The minimum Gasteiger partial charge on any atom is -0.388 e. The predicted molar refractivity (Wildman–Crippen MR) is 89.0 cm³/mol. The number of aromatic nitrogens is 4. The van der Waals surface area contributed by atoms with Crippen molar-refractivity contribution in [2.24, 2.45) is 0 Å². The lowest BCUT2D eigenvalue weighted by Crippen LogP contribution is -1.84. The van der Waals surface area contributed by atoms with Crippen LogP contribution in [0.3, 0.4) is 0 Å². The smallest absolute Gasteiger partial charge is 0.144 e. The number of H-pyrrole nitrogens is 1. The highest BCUT2D eigenvalue weighted by Crippen LogP contribution is 2.34. The molecule has 4 rings (SSSR count). The molecule has 0 saturated carbocycles. The first kappa shape index (κ1) is 13.6. The molecule has 3 heterocycles. The Hall–Kier alpha value is -2.09. The minimum absolute atomic E-state index is 0.125. The van der Waals surface area contributed by atoms with Crippen molar-refractivity contribution < 1.29 is 5.11 Å². The number of thiazole rings is 2. The molecule has 0 saturated heterocycles. The number of hydrogen-bond donors (Lipinski definition) is 2. The van der Waals surface area contributed by atoms with Crippen LogP contribution < -0.4 is 0 Å². The molecule has 0 amide bonds. The Morgan fingerprint density at radius 1 is 1.23 bits per heavy atom. The molecule has 0 aliphatic rings. The van der Waals surface area contributed by atoms with Gasteiger partial charge in [-0.2, -0.15) is 0 Å². The molecule has 1 aromatic carbocycles. The summed E-state index contributed by atoms with van der Waals surface area (Å²) in [5, 5.41) is 12.2. The summed E-state index contributed by atoms with van der Waals surface area (Å²) in [6.45, 7) is 1.84. The minimum atomic E-state index is -0.125. The molecule has 0 radical (unpaired) electrons. The van der Waals surface area contributed by atoms with E-state index in [1.54, 1.807) is 22.7 Å². The number of aryl methyl sites for hydroxylation is 1. The van der Waals surface area contributed by atoms with Crippen LogP contribution in [0.1, 0.15) is 11.5 Å². The molecule has 0 bridgehead atoms. The van der Waals surface area contributed by atoms with E-state index < -0.39 is 0 Å². The van der Waals surface area contributed by atoms with Crippen LogP contribution in [0, 0.1) is 6.92 Å². The number of aromatic amines is 1. The second-order valence-electron chi connectivity index (χ2n) is 4.89. The van der Waals surface area contributed by atoms with E-state index >= 15 is 0 Å². The number of imidazole rings is 1. The summed E-state index contributed by atoms with van der Waals surface area (Å²) >= 11 is 3.16. The molecule has 22 heavy (non-hydrogen) atoms. The van der Waals surface area contributed by atoms with E-state index in [1.165, 1.54) is 0 Å². The van der Waals surface area contributed by atoms with Crippen LogP contribution in [0.4, 0.5) is 0 Å². The van der Waals surface area contributed by atoms with Gasteiger partial charge in [-0.05, 0) is 19.1 Å². The van der Waals surface area contributed by atoms with E-state index in [-0.39, 0.29) is 6.61 Å². The van der Waals surface area contributed by atoms with Crippen LogP contribution in [-0.4, -0.2) is 25.0 Å². The van der Waals surface area contributed by atoms with E-state index in [9.17, 15) is 5.11 Å². The average molecular weight is 328 g/mol. The third kappa shape index (κ3) is 2.23. The molecule has 0 spiro atoms. The quantitative estimate of drug-likeness (QED) is 0.602. The number of nitrogens with zero attached hydrogens (tertiary/aromatic N) is 3. The third-order valence-corrected chi connectivity index (χ3v) is 5.10. The monoisotopic (exact) mass is 328 g/mol. The van der Waals surface area contributed by atoms with Crippen molar-refractivity contribution in [2.45, 2.75) is 13.5 Å². The van der Waals surface area contributed by atoms with Gasteiger partial charge in [0, 0.05) is 16.6 Å². The van der Waals surface area contributed by atoms with Crippen molar-refractivity contribution in [3.8, 4) is 22.0 Å². The molecule has 3 aromatic heterocycles. The Balaban J connectivity index is 1.91. The van der Waals surface area contributed by atoms with Gasteiger partial charge in [0.05, 0.1) is 21.4 Å². The molecule has 110 valence electrons. The highest BCUT2D eigenvalue weighted by Gasteiger charge is 2.17. The van der Waals surface area contributed by atoms with Gasteiger partial charge in [-0.3, -0.25) is 0 Å². The van der Waals surface area contributed by atoms with Crippen molar-refractivity contribution in [1.82, 2.24) is 19.9 Å². The van der Waals surface area contributed by atoms with E-state index in [1.807, 2.05) is 29.9 Å². The lowest BCUT2D eigenvalue weighted by Gasteiger charge is -2.01. The molecule has 0 aliphatic heterocycles. The van der Waals surface area contributed by atoms with Crippen LogP contribution in [0.5, 0.6) is 0 Å². The summed E-state index contributed by atoms with van der Waals surface area (Å²) in [6.07, 6.45) is 0. The SMILES string of the molecule is Cc1csc(-c2nc(CO)[nH]c2-c2ccc3ncsc3c2)n1. The maximum Gasteiger partial charge on any atom is 0.144 e. The van der Waals surface area contributed by atoms with Gasteiger partial charge in [-0.1, -0.05) is 6.07 Å². The van der Waals surface area contributed by atoms with E-state index in [4.69, 9.17) is 0 Å². The van der Waals surface area contributed by atoms with Crippen LogP contribution in [0.2, 0.25) is 0 Å². The van der Waals surface area contributed by atoms with Gasteiger partial charge < -0.3 is 10.1 Å². The number of aliphatic hydroxyl groups is 1.